The standard InChI is InChI=1S/C17H17ClFNO2/c1-2-16(22-14-9-7-13(19)8-10-14)17(21)20-11-12-5-3-4-6-15(12)18/h3-10,16H,2,11H2,1H3,(H,20,21). The SMILES string of the molecule is CCC(Oc1ccc(F)cc1)C(=O)NCc1ccccc1Cl. The number of ether oxygens (including phenoxy) is 1. The van der Waals surface area contributed by atoms with Gasteiger partial charge in [0.05, 0.1) is 0 Å². The minimum atomic E-state index is -0.632. The topological polar surface area (TPSA) is 38.3 Å². The molecule has 1 N–H and O–H groups in total. The van der Waals surface area contributed by atoms with Crippen LogP contribution in [0.2, 0.25) is 5.02 Å². The van der Waals surface area contributed by atoms with Crippen LogP contribution >= 0.6 is 11.6 Å². The molecule has 116 valence electrons. The highest BCUT2D eigenvalue weighted by Crippen LogP contribution is 2.16. The van der Waals surface area contributed by atoms with Crippen LogP contribution in [0.1, 0.15) is 18.9 Å². The Labute approximate surface area is 134 Å². The lowest BCUT2D eigenvalue weighted by Gasteiger charge is -2.17. The van der Waals surface area contributed by atoms with Crippen molar-refractivity contribution in [2.24, 2.45) is 0 Å². The second-order valence-corrected chi connectivity index (χ2v) is 5.19. The first-order valence-electron chi connectivity index (χ1n) is 7.03. The van der Waals surface area contributed by atoms with Gasteiger partial charge in [0, 0.05) is 11.6 Å². The summed E-state index contributed by atoms with van der Waals surface area (Å²) in [5.41, 5.74) is 0.842. The van der Waals surface area contributed by atoms with E-state index < -0.39 is 6.10 Å². The Morgan fingerprint density at radius 2 is 1.91 bits per heavy atom. The molecule has 3 nitrogen and oxygen atoms in total. The second kappa shape index (κ2) is 7.80. The lowest BCUT2D eigenvalue weighted by Crippen LogP contribution is -2.37. The predicted octanol–water partition coefficient (Wildman–Crippen LogP) is 3.95. The summed E-state index contributed by atoms with van der Waals surface area (Å²) in [4.78, 5) is 12.2. The highest BCUT2D eigenvalue weighted by Gasteiger charge is 2.18. The van der Waals surface area contributed by atoms with Gasteiger partial charge in [0.25, 0.3) is 5.91 Å². The summed E-state index contributed by atoms with van der Waals surface area (Å²) in [5, 5.41) is 3.41. The van der Waals surface area contributed by atoms with Crippen molar-refractivity contribution in [3.05, 3.63) is 64.9 Å². The minimum absolute atomic E-state index is 0.230. The summed E-state index contributed by atoms with van der Waals surface area (Å²) in [7, 11) is 0. The van der Waals surface area contributed by atoms with Gasteiger partial charge in [-0.25, -0.2) is 4.39 Å². The number of amides is 1. The Morgan fingerprint density at radius 1 is 1.23 bits per heavy atom. The normalized spacial score (nSPS) is 11.8. The number of carbonyl (C=O) groups is 1. The molecule has 0 aliphatic heterocycles. The van der Waals surface area contributed by atoms with E-state index in [-0.39, 0.29) is 11.7 Å². The van der Waals surface area contributed by atoms with Crippen LogP contribution in [0.4, 0.5) is 4.39 Å². The number of rotatable bonds is 6. The van der Waals surface area contributed by atoms with Crippen molar-refractivity contribution in [2.45, 2.75) is 26.0 Å². The van der Waals surface area contributed by atoms with Crippen molar-refractivity contribution in [3.8, 4) is 5.75 Å². The summed E-state index contributed by atoms with van der Waals surface area (Å²) in [6.45, 7) is 2.19. The molecule has 0 heterocycles. The average Bonchev–Trinajstić information content (AvgIpc) is 2.53. The van der Waals surface area contributed by atoms with Gasteiger partial charge in [-0.3, -0.25) is 4.79 Å². The lowest BCUT2D eigenvalue weighted by atomic mass is 10.2. The van der Waals surface area contributed by atoms with E-state index in [1.807, 2.05) is 25.1 Å². The third-order valence-corrected chi connectivity index (χ3v) is 3.53. The molecule has 1 amide bonds. The fraction of sp³-hybridized carbons (Fsp3) is 0.235. The Morgan fingerprint density at radius 3 is 2.55 bits per heavy atom. The molecule has 2 aromatic rings. The summed E-state index contributed by atoms with van der Waals surface area (Å²) in [6, 6.07) is 12.9. The maximum Gasteiger partial charge on any atom is 0.261 e. The zero-order valence-corrected chi connectivity index (χ0v) is 12.9. The van der Waals surface area contributed by atoms with E-state index in [1.165, 1.54) is 24.3 Å². The molecule has 0 saturated carbocycles. The first kappa shape index (κ1) is 16.3. The largest absolute Gasteiger partial charge is 0.481 e. The summed E-state index contributed by atoms with van der Waals surface area (Å²) < 4.78 is 18.5. The number of nitrogens with one attached hydrogen (secondary N) is 1. The molecule has 0 saturated heterocycles. The number of benzene rings is 2. The highest BCUT2D eigenvalue weighted by atomic mass is 35.5. The fourth-order valence-electron chi connectivity index (χ4n) is 1.94. The number of carbonyl (C=O) groups excluding carboxylic acids is 1. The van der Waals surface area contributed by atoms with Crippen molar-refractivity contribution in [2.75, 3.05) is 0 Å². The molecule has 0 aliphatic rings. The van der Waals surface area contributed by atoms with E-state index in [4.69, 9.17) is 16.3 Å². The molecule has 0 fully saturated rings. The van der Waals surface area contributed by atoms with Crippen molar-refractivity contribution in [3.63, 3.8) is 0 Å². The van der Waals surface area contributed by atoms with E-state index in [0.29, 0.717) is 23.7 Å². The molecule has 0 radical (unpaired) electrons. The van der Waals surface area contributed by atoms with E-state index >= 15 is 0 Å². The van der Waals surface area contributed by atoms with Crippen LogP contribution in [-0.2, 0) is 11.3 Å². The molecule has 22 heavy (non-hydrogen) atoms. The lowest BCUT2D eigenvalue weighted by molar-refractivity contribution is -0.128. The Bertz CT molecular complexity index is 631. The average molecular weight is 322 g/mol. The predicted molar refractivity (Wildman–Crippen MR) is 84.4 cm³/mol. The van der Waals surface area contributed by atoms with Crippen LogP contribution in [0.15, 0.2) is 48.5 Å². The maximum atomic E-state index is 12.9. The van der Waals surface area contributed by atoms with E-state index in [1.54, 1.807) is 6.07 Å². The van der Waals surface area contributed by atoms with Crippen LogP contribution in [0.3, 0.4) is 0 Å². The smallest absolute Gasteiger partial charge is 0.261 e. The first-order chi connectivity index (χ1) is 10.6. The van der Waals surface area contributed by atoms with Gasteiger partial charge in [0.1, 0.15) is 11.6 Å². The number of hydrogen-bond donors (Lipinski definition) is 1. The molecule has 2 rings (SSSR count). The molecule has 0 spiro atoms. The van der Waals surface area contributed by atoms with Gasteiger partial charge < -0.3 is 10.1 Å². The Hall–Kier alpha value is -2.07. The van der Waals surface area contributed by atoms with Crippen LogP contribution < -0.4 is 10.1 Å². The van der Waals surface area contributed by atoms with Gasteiger partial charge >= 0.3 is 0 Å². The summed E-state index contributed by atoms with van der Waals surface area (Å²) >= 11 is 6.05. The number of hydrogen-bond acceptors (Lipinski definition) is 2. The molecule has 1 atom stereocenters. The Kier molecular flexibility index (Phi) is 5.78. The molecule has 0 aromatic heterocycles. The summed E-state index contributed by atoms with van der Waals surface area (Å²) in [5.74, 6) is -0.114. The molecular formula is C17H17ClFNO2. The van der Waals surface area contributed by atoms with Gasteiger partial charge in [-0.05, 0) is 42.3 Å². The molecule has 0 aliphatic carbocycles. The van der Waals surface area contributed by atoms with Crippen LogP contribution in [0, 0.1) is 5.82 Å². The maximum absolute atomic E-state index is 12.9. The highest BCUT2D eigenvalue weighted by molar-refractivity contribution is 6.31. The van der Waals surface area contributed by atoms with Crippen LogP contribution in [0.25, 0.3) is 0 Å². The molecule has 5 heteroatoms. The zero-order chi connectivity index (χ0) is 15.9. The van der Waals surface area contributed by atoms with E-state index in [9.17, 15) is 9.18 Å². The third-order valence-electron chi connectivity index (χ3n) is 3.17. The van der Waals surface area contributed by atoms with Gasteiger partial charge in [-0.1, -0.05) is 36.7 Å². The van der Waals surface area contributed by atoms with E-state index in [2.05, 4.69) is 5.32 Å². The summed E-state index contributed by atoms with van der Waals surface area (Å²) in [6.07, 6.45) is -0.126. The van der Waals surface area contributed by atoms with E-state index in [0.717, 1.165) is 5.56 Å². The molecular weight excluding hydrogens is 305 g/mol. The fourth-order valence-corrected chi connectivity index (χ4v) is 2.14. The monoisotopic (exact) mass is 321 g/mol. The van der Waals surface area contributed by atoms with Crippen molar-refractivity contribution >= 4 is 17.5 Å². The van der Waals surface area contributed by atoms with Gasteiger partial charge in [0.2, 0.25) is 0 Å². The third kappa shape index (κ3) is 4.46. The molecule has 0 bridgehead atoms. The van der Waals surface area contributed by atoms with Crippen molar-refractivity contribution in [1.29, 1.82) is 0 Å². The van der Waals surface area contributed by atoms with Crippen molar-refractivity contribution in [1.82, 2.24) is 5.32 Å². The zero-order valence-electron chi connectivity index (χ0n) is 12.2. The van der Waals surface area contributed by atoms with Crippen LogP contribution in [0.5, 0.6) is 5.75 Å². The second-order valence-electron chi connectivity index (χ2n) is 4.78. The van der Waals surface area contributed by atoms with Gasteiger partial charge in [0.15, 0.2) is 6.10 Å². The van der Waals surface area contributed by atoms with Crippen LogP contribution in [-0.4, -0.2) is 12.0 Å². The van der Waals surface area contributed by atoms with Gasteiger partial charge in [-0.15, -0.1) is 0 Å². The first-order valence-corrected chi connectivity index (χ1v) is 7.41. The Balaban J connectivity index is 1.94. The quantitative estimate of drug-likeness (QED) is 0.874. The number of halogens is 2. The minimum Gasteiger partial charge on any atom is -0.481 e. The van der Waals surface area contributed by atoms with Crippen molar-refractivity contribution < 1.29 is 13.9 Å². The van der Waals surface area contributed by atoms with Gasteiger partial charge in [-0.2, -0.15) is 0 Å². The molecule has 1 unspecified atom stereocenters. The molecule has 2 aromatic carbocycles.